The van der Waals surface area contributed by atoms with Crippen LogP contribution in [0.3, 0.4) is 0 Å². The molecule has 0 bridgehead atoms. The van der Waals surface area contributed by atoms with Gasteiger partial charge in [0.05, 0.1) is 0 Å². The van der Waals surface area contributed by atoms with Crippen LogP contribution in [0.15, 0.2) is 0 Å². The van der Waals surface area contributed by atoms with Gasteiger partial charge in [-0.1, -0.05) is 6.92 Å². The highest BCUT2D eigenvalue weighted by Crippen LogP contribution is 2.24. The second kappa shape index (κ2) is 5.59. The van der Waals surface area contributed by atoms with Gasteiger partial charge in [-0.3, -0.25) is 0 Å². The Morgan fingerprint density at radius 3 is 3.00 bits per heavy atom. The molecule has 0 aromatic carbocycles. The van der Waals surface area contributed by atoms with Crippen LogP contribution in [0.5, 0.6) is 0 Å². The largest absolute Gasteiger partial charge is 0.359 e. The molecule has 5 heteroatoms. The fourth-order valence-electron chi connectivity index (χ4n) is 1.69. The third-order valence-corrected chi connectivity index (χ3v) is 3.56. The van der Waals surface area contributed by atoms with Gasteiger partial charge in [-0.15, -0.1) is 0 Å². The van der Waals surface area contributed by atoms with Gasteiger partial charge in [-0.2, -0.15) is 4.37 Å². The summed E-state index contributed by atoms with van der Waals surface area (Å²) in [5, 5.41) is 4.31. The van der Waals surface area contributed by atoms with Crippen molar-refractivity contribution < 1.29 is 0 Å². The van der Waals surface area contributed by atoms with E-state index in [2.05, 4.69) is 33.5 Å². The second-order valence-electron chi connectivity index (χ2n) is 4.40. The number of likely N-dealkylation sites (N-methyl/N-ethyl adjacent to an activating group) is 1. The molecule has 0 amide bonds. The molecule has 0 unspecified atom stereocenters. The number of nitrogens with one attached hydrogen (secondary N) is 1. The van der Waals surface area contributed by atoms with E-state index in [1.54, 1.807) is 0 Å². The minimum Gasteiger partial charge on any atom is -0.359 e. The lowest BCUT2D eigenvalue weighted by Gasteiger charge is -2.14. The van der Waals surface area contributed by atoms with Gasteiger partial charge < -0.3 is 10.2 Å². The van der Waals surface area contributed by atoms with Crippen molar-refractivity contribution in [1.29, 1.82) is 0 Å². The first-order chi connectivity index (χ1) is 7.79. The topological polar surface area (TPSA) is 41.1 Å². The molecule has 1 N–H and O–H groups in total. The molecule has 1 saturated carbocycles. The van der Waals surface area contributed by atoms with Crippen LogP contribution < -0.4 is 5.32 Å². The van der Waals surface area contributed by atoms with E-state index in [1.807, 2.05) is 0 Å². The molecule has 0 radical (unpaired) electrons. The normalized spacial score (nSPS) is 15.7. The number of aromatic nitrogens is 2. The van der Waals surface area contributed by atoms with Crippen molar-refractivity contribution in [3.05, 3.63) is 5.82 Å². The molecule has 1 aromatic rings. The standard InChI is InChI=1S/C11H20N4S/c1-3-4-10-13-11(16-14-10)12-7-8-15(2)9-5-6-9/h9H,3-8H2,1-2H3,(H,12,13,14). The second-order valence-corrected chi connectivity index (χ2v) is 5.16. The molecule has 0 aliphatic heterocycles. The first-order valence-corrected chi connectivity index (χ1v) is 6.83. The highest BCUT2D eigenvalue weighted by Gasteiger charge is 2.25. The van der Waals surface area contributed by atoms with E-state index in [0.717, 1.165) is 42.9 Å². The Hall–Kier alpha value is -0.680. The van der Waals surface area contributed by atoms with Crippen LogP contribution in [-0.2, 0) is 6.42 Å². The summed E-state index contributed by atoms with van der Waals surface area (Å²) in [6, 6.07) is 0.840. The highest BCUT2D eigenvalue weighted by molar-refractivity contribution is 7.09. The minimum absolute atomic E-state index is 0.840. The van der Waals surface area contributed by atoms with Crippen molar-refractivity contribution in [3.8, 4) is 0 Å². The van der Waals surface area contributed by atoms with Gasteiger partial charge in [0, 0.05) is 37.1 Å². The minimum atomic E-state index is 0.840. The Bertz CT molecular complexity index is 322. The maximum atomic E-state index is 4.44. The van der Waals surface area contributed by atoms with E-state index >= 15 is 0 Å². The molecular weight excluding hydrogens is 220 g/mol. The Morgan fingerprint density at radius 2 is 2.31 bits per heavy atom. The summed E-state index contributed by atoms with van der Waals surface area (Å²) >= 11 is 1.47. The molecule has 1 heterocycles. The first kappa shape index (κ1) is 11.8. The molecule has 90 valence electrons. The number of hydrogen-bond acceptors (Lipinski definition) is 5. The maximum Gasteiger partial charge on any atom is 0.202 e. The van der Waals surface area contributed by atoms with Crippen molar-refractivity contribution >= 4 is 16.7 Å². The van der Waals surface area contributed by atoms with Crippen molar-refractivity contribution in [2.75, 3.05) is 25.5 Å². The van der Waals surface area contributed by atoms with Gasteiger partial charge in [-0.05, 0) is 26.3 Å². The summed E-state index contributed by atoms with van der Waals surface area (Å²) in [5.41, 5.74) is 0. The van der Waals surface area contributed by atoms with Crippen LogP contribution in [0.2, 0.25) is 0 Å². The fourth-order valence-corrected chi connectivity index (χ4v) is 2.32. The zero-order valence-electron chi connectivity index (χ0n) is 10.1. The molecule has 0 spiro atoms. The van der Waals surface area contributed by atoms with Crippen LogP contribution in [0.4, 0.5) is 5.13 Å². The summed E-state index contributed by atoms with van der Waals surface area (Å²) in [4.78, 5) is 6.85. The molecule has 1 aromatic heterocycles. The average molecular weight is 240 g/mol. The van der Waals surface area contributed by atoms with Gasteiger partial charge in [-0.25, -0.2) is 4.98 Å². The van der Waals surface area contributed by atoms with E-state index < -0.39 is 0 Å². The SMILES string of the molecule is CCCc1nsc(NCCN(C)C2CC2)n1. The summed E-state index contributed by atoms with van der Waals surface area (Å²) in [6.07, 6.45) is 4.84. The number of rotatable bonds is 7. The zero-order valence-corrected chi connectivity index (χ0v) is 10.9. The number of nitrogens with zero attached hydrogens (tertiary/aromatic N) is 3. The van der Waals surface area contributed by atoms with Crippen molar-refractivity contribution in [2.24, 2.45) is 0 Å². The Morgan fingerprint density at radius 1 is 1.50 bits per heavy atom. The number of aryl methyl sites for hydroxylation is 1. The smallest absolute Gasteiger partial charge is 0.202 e. The van der Waals surface area contributed by atoms with E-state index in [9.17, 15) is 0 Å². The third kappa shape index (κ3) is 3.42. The molecule has 1 fully saturated rings. The maximum absolute atomic E-state index is 4.44. The summed E-state index contributed by atoms with van der Waals surface area (Å²) in [7, 11) is 2.20. The lowest BCUT2D eigenvalue weighted by Crippen LogP contribution is -2.26. The van der Waals surface area contributed by atoms with Crippen molar-refractivity contribution in [2.45, 2.75) is 38.6 Å². The fraction of sp³-hybridized carbons (Fsp3) is 0.818. The molecule has 0 saturated heterocycles. The monoisotopic (exact) mass is 240 g/mol. The van der Waals surface area contributed by atoms with E-state index in [1.165, 1.54) is 24.4 Å². The summed E-state index contributed by atoms with van der Waals surface area (Å²) in [6.45, 7) is 4.21. The van der Waals surface area contributed by atoms with Gasteiger partial charge in [0.15, 0.2) is 0 Å². The highest BCUT2D eigenvalue weighted by atomic mass is 32.1. The van der Waals surface area contributed by atoms with Gasteiger partial charge in [0.25, 0.3) is 0 Å². The number of anilines is 1. The van der Waals surface area contributed by atoms with Crippen LogP contribution in [0, 0.1) is 0 Å². The predicted molar refractivity (Wildman–Crippen MR) is 68.0 cm³/mol. The third-order valence-electron chi connectivity index (χ3n) is 2.85. The molecule has 2 rings (SSSR count). The molecule has 16 heavy (non-hydrogen) atoms. The first-order valence-electron chi connectivity index (χ1n) is 6.06. The molecule has 4 nitrogen and oxygen atoms in total. The molecule has 0 atom stereocenters. The van der Waals surface area contributed by atoms with Gasteiger partial charge >= 0.3 is 0 Å². The lowest BCUT2D eigenvalue weighted by atomic mass is 10.3. The van der Waals surface area contributed by atoms with Crippen molar-refractivity contribution in [3.63, 3.8) is 0 Å². The molecule has 1 aliphatic carbocycles. The van der Waals surface area contributed by atoms with Crippen LogP contribution in [0.1, 0.15) is 32.0 Å². The summed E-state index contributed by atoms with van der Waals surface area (Å²) < 4.78 is 4.31. The zero-order chi connectivity index (χ0) is 11.4. The van der Waals surface area contributed by atoms with E-state index in [0.29, 0.717) is 0 Å². The van der Waals surface area contributed by atoms with Crippen LogP contribution in [0.25, 0.3) is 0 Å². The Labute approximate surface area is 101 Å². The number of hydrogen-bond donors (Lipinski definition) is 1. The summed E-state index contributed by atoms with van der Waals surface area (Å²) in [5.74, 6) is 0.977. The van der Waals surface area contributed by atoms with Crippen molar-refractivity contribution in [1.82, 2.24) is 14.3 Å². The van der Waals surface area contributed by atoms with Crippen LogP contribution >= 0.6 is 11.5 Å². The Kier molecular flexibility index (Phi) is 4.12. The quantitative estimate of drug-likeness (QED) is 0.791. The predicted octanol–water partition coefficient (Wildman–Crippen LogP) is 2.00. The lowest BCUT2D eigenvalue weighted by molar-refractivity contribution is 0.337. The van der Waals surface area contributed by atoms with Gasteiger partial charge in [0.2, 0.25) is 5.13 Å². The van der Waals surface area contributed by atoms with E-state index in [4.69, 9.17) is 0 Å². The Balaban J connectivity index is 1.67. The molecule has 1 aliphatic rings. The van der Waals surface area contributed by atoms with E-state index in [-0.39, 0.29) is 0 Å². The van der Waals surface area contributed by atoms with Crippen LogP contribution in [-0.4, -0.2) is 40.4 Å². The average Bonchev–Trinajstić information content (AvgIpc) is 3.02. The van der Waals surface area contributed by atoms with Gasteiger partial charge in [0.1, 0.15) is 5.82 Å². The molecular formula is C11H20N4S.